The quantitative estimate of drug-likeness (QED) is 0.857. The Hall–Kier alpha value is -2.44. The van der Waals surface area contributed by atoms with E-state index < -0.39 is 12.0 Å². The molecule has 7 heteroatoms. The first-order chi connectivity index (χ1) is 13.4. The first-order valence-electron chi connectivity index (χ1n) is 9.92. The minimum absolute atomic E-state index is 0.0619. The number of hydrogen-bond acceptors (Lipinski definition) is 3. The lowest BCUT2D eigenvalue weighted by molar-refractivity contribution is -0.148. The number of hydrogen-bond donors (Lipinski definition) is 1. The summed E-state index contributed by atoms with van der Waals surface area (Å²) in [7, 11) is 0. The molecule has 1 aliphatic carbocycles. The molecule has 1 saturated carbocycles. The minimum atomic E-state index is -0.985. The van der Waals surface area contributed by atoms with Gasteiger partial charge in [0, 0.05) is 25.6 Å². The topological polar surface area (TPSA) is 77.9 Å². The van der Waals surface area contributed by atoms with Gasteiger partial charge in [-0.3, -0.25) is 9.59 Å². The fourth-order valence-electron chi connectivity index (χ4n) is 4.57. The predicted molar refractivity (Wildman–Crippen MR) is 98.8 cm³/mol. The van der Waals surface area contributed by atoms with Crippen molar-refractivity contribution in [2.24, 2.45) is 11.3 Å². The number of amides is 2. The number of likely N-dealkylation sites (tertiary alicyclic amines) is 2. The number of halogens is 1. The summed E-state index contributed by atoms with van der Waals surface area (Å²) in [5.74, 6) is -1.18. The number of aliphatic carboxylic acids is 1. The van der Waals surface area contributed by atoms with Crippen molar-refractivity contribution < 1.29 is 23.9 Å². The molecule has 1 aromatic rings. The number of carbonyl (C=O) groups is 3. The zero-order chi connectivity index (χ0) is 19.9. The lowest BCUT2D eigenvalue weighted by Crippen LogP contribution is -2.45. The van der Waals surface area contributed by atoms with Gasteiger partial charge in [-0.15, -0.1) is 0 Å². The summed E-state index contributed by atoms with van der Waals surface area (Å²) in [6, 6.07) is 4.87. The maximum absolute atomic E-state index is 13.1. The third-order valence-corrected chi connectivity index (χ3v) is 6.44. The van der Waals surface area contributed by atoms with Gasteiger partial charge in [-0.1, -0.05) is 12.1 Å². The van der Waals surface area contributed by atoms with Crippen molar-refractivity contribution in [3.05, 3.63) is 35.6 Å². The molecule has 1 N–H and O–H groups in total. The normalized spacial score (nSPS) is 23.8. The summed E-state index contributed by atoms with van der Waals surface area (Å²) >= 11 is 0. The van der Waals surface area contributed by atoms with Crippen molar-refractivity contribution in [2.45, 2.75) is 44.6 Å². The van der Waals surface area contributed by atoms with Gasteiger partial charge in [0.15, 0.2) is 0 Å². The highest BCUT2D eigenvalue weighted by Crippen LogP contribution is 2.44. The van der Waals surface area contributed by atoms with E-state index in [0.717, 1.165) is 25.7 Å². The van der Waals surface area contributed by atoms with E-state index in [4.69, 9.17) is 0 Å². The molecule has 2 amide bonds. The number of carboxylic acids is 1. The Labute approximate surface area is 163 Å². The second kappa shape index (κ2) is 7.18. The first kappa shape index (κ1) is 18.9. The van der Waals surface area contributed by atoms with Crippen LogP contribution in [0.2, 0.25) is 0 Å². The summed E-state index contributed by atoms with van der Waals surface area (Å²) in [6.45, 7) is 1.69. The second-order valence-electron chi connectivity index (χ2n) is 8.48. The molecule has 1 atom stereocenters. The molecule has 28 heavy (non-hydrogen) atoms. The van der Waals surface area contributed by atoms with Crippen molar-refractivity contribution in [3.63, 3.8) is 0 Å². The van der Waals surface area contributed by atoms with Crippen LogP contribution in [0.1, 0.15) is 37.7 Å². The van der Waals surface area contributed by atoms with Crippen LogP contribution in [-0.4, -0.2) is 58.4 Å². The van der Waals surface area contributed by atoms with E-state index in [2.05, 4.69) is 0 Å². The van der Waals surface area contributed by atoms with Crippen molar-refractivity contribution >= 4 is 17.8 Å². The number of benzene rings is 1. The largest absolute Gasteiger partial charge is 0.480 e. The number of carbonyl (C=O) groups excluding carboxylic acids is 2. The fraction of sp³-hybridized carbons (Fsp3) is 0.571. The van der Waals surface area contributed by atoms with Crippen molar-refractivity contribution in [3.8, 4) is 0 Å². The summed E-state index contributed by atoms with van der Waals surface area (Å²) in [5, 5.41) is 9.66. The zero-order valence-corrected chi connectivity index (χ0v) is 15.8. The molecule has 1 spiro atoms. The molecule has 2 saturated heterocycles. The molecular weight excluding hydrogens is 363 g/mol. The van der Waals surface area contributed by atoms with Crippen LogP contribution in [0.3, 0.4) is 0 Å². The Morgan fingerprint density at radius 1 is 1.11 bits per heavy atom. The van der Waals surface area contributed by atoms with Crippen LogP contribution in [0.15, 0.2) is 24.3 Å². The Balaban J connectivity index is 1.43. The Morgan fingerprint density at radius 2 is 1.75 bits per heavy atom. The van der Waals surface area contributed by atoms with Crippen LogP contribution in [0.5, 0.6) is 0 Å². The van der Waals surface area contributed by atoms with E-state index in [-0.39, 0.29) is 35.4 Å². The van der Waals surface area contributed by atoms with E-state index in [1.807, 2.05) is 4.90 Å². The maximum atomic E-state index is 13.1. The van der Waals surface area contributed by atoms with Gasteiger partial charge >= 0.3 is 5.97 Å². The maximum Gasteiger partial charge on any atom is 0.326 e. The molecule has 0 radical (unpaired) electrons. The Morgan fingerprint density at radius 3 is 2.32 bits per heavy atom. The lowest BCUT2D eigenvalue weighted by Gasteiger charge is -2.39. The number of piperidine rings is 1. The van der Waals surface area contributed by atoms with Gasteiger partial charge in [0.25, 0.3) is 0 Å². The van der Waals surface area contributed by atoms with Crippen LogP contribution >= 0.6 is 0 Å². The van der Waals surface area contributed by atoms with Gasteiger partial charge in [0.2, 0.25) is 11.8 Å². The monoisotopic (exact) mass is 388 g/mol. The van der Waals surface area contributed by atoms with Crippen LogP contribution in [0.4, 0.5) is 4.39 Å². The van der Waals surface area contributed by atoms with Gasteiger partial charge in [0.05, 0.1) is 6.42 Å². The summed E-state index contributed by atoms with van der Waals surface area (Å²) in [5.41, 5.74) is 0.434. The highest BCUT2D eigenvalue weighted by atomic mass is 19.1. The molecule has 0 unspecified atom stereocenters. The van der Waals surface area contributed by atoms with Gasteiger partial charge in [0.1, 0.15) is 11.9 Å². The van der Waals surface area contributed by atoms with Gasteiger partial charge in [-0.2, -0.15) is 0 Å². The van der Waals surface area contributed by atoms with Gasteiger partial charge in [-0.25, -0.2) is 9.18 Å². The average molecular weight is 388 g/mol. The zero-order valence-electron chi connectivity index (χ0n) is 15.8. The van der Waals surface area contributed by atoms with E-state index in [9.17, 15) is 23.9 Å². The standard InChI is InChI=1S/C21H25FN2O4/c22-16-5-1-14(2-6-16)11-18(25)24-13-21(12-17(24)20(27)28)7-9-23(10-8-21)19(26)15-3-4-15/h1-2,5-6,15,17H,3-4,7-13H2,(H,27,28)/t17-/m0/s1. The fourth-order valence-corrected chi connectivity index (χ4v) is 4.57. The van der Waals surface area contributed by atoms with Crippen molar-refractivity contribution in [1.82, 2.24) is 9.80 Å². The molecule has 150 valence electrons. The van der Waals surface area contributed by atoms with E-state index in [0.29, 0.717) is 31.6 Å². The van der Waals surface area contributed by atoms with E-state index in [1.54, 1.807) is 12.1 Å². The average Bonchev–Trinajstić information content (AvgIpc) is 3.46. The number of nitrogens with zero attached hydrogens (tertiary/aromatic N) is 2. The van der Waals surface area contributed by atoms with Crippen LogP contribution in [0.25, 0.3) is 0 Å². The highest BCUT2D eigenvalue weighted by molar-refractivity contribution is 5.86. The van der Waals surface area contributed by atoms with Crippen LogP contribution < -0.4 is 0 Å². The molecule has 6 nitrogen and oxygen atoms in total. The molecule has 1 aromatic carbocycles. The predicted octanol–water partition coefficient (Wildman–Crippen LogP) is 2.07. The van der Waals surface area contributed by atoms with E-state index in [1.165, 1.54) is 17.0 Å². The Bertz CT molecular complexity index is 782. The SMILES string of the molecule is O=C(O)[C@@H]1CC2(CCN(C(=O)C3CC3)CC2)CN1C(=O)Cc1ccc(F)cc1. The number of carboxylic acid groups (broad SMARTS) is 1. The smallest absolute Gasteiger partial charge is 0.326 e. The summed E-state index contributed by atoms with van der Waals surface area (Å²) < 4.78 is 13.1. The summed E-state index contributed by atoms with van der Waals surface area (Å²) in [4.78, 5) is 40.3. The van der Waals surface area contributed by atoms with Crippen LogP contribution in [-0.2, 0) is 20.8 Å². The third-order valence-electron chi connectivity index (χ3n) is 6.44. The molecule has 4 rings (SSSR count). The molecule has 3 aliphatic rings. The second-order valence-corrected chi connectivity index (χ2v) is 8.48. The highest BCUT2D eigenvalue weighted by Gasteiger charge is 2.50. The molecule has 2 aliphatic heterocycles. The lowest BCUT2D eigenvalue weighted by atomic mass is 9.76. The third kappa shape index (κ3) is 3.75. The van der Waals surface area contributed by atoms with E-state index >= 15 is 0 Å². The minimum Gasteiger partial charge on any atom is -0.480 e. The molecular formula is C21H25FN2O4. The van der Waals surface area contributed by atoms with Crippen molar-refractivity contribution in [1.29, 1.82) is 0 Å². The van der Waals surface area contributed by atoms with Gasteiger partial charge in [-0.05, 0) is 55.2 Å². The van der Waals surface area contributed by atoms with Crippen LogP contribution in [0, 0.1) is 17.2 Å². The van der Waals surface area contributed by atoms with Gasteiger partial charge < -0.3 is 14.9 Å². The molecule has 2 heterocycles. The summed E-state index contributed by atoms with van der Waals surface area (Å²) in [6.07, 6.45) is 3.92. The Kier molecular flexibility index (Phi) is 4.85. The molecule has 3 fully saturated rings. The number of rotatable bonds is 4. The molecule has 0 bridgehead atoms. The molecule has 0 aromatic heterocycles. The van der Waals surface area contributed by atoms with Crippen molar-refractivity contribution in [2.75, 3.05) is 19.6 Å². The first-order valence-corrected chi connectivity index (χ1v) is 9.92.